The number of unbranched alkanes of at least 4 members (excludes halogenated alkanes) is 2. The summed E-state index contributed by atoms with van der Waals surface area (Å²) in [6, 6.07) is 1.79. The average molecular weight is 225 g/mol. The average Bonchev–Trinajstić information content (AvgIpc) is 2.76. The number of hydrogen-bond acceptors (Lipinski definition) is 4. The number of rotatable bonds is 7. The summed E-state index contributed by atoms with van der Waals surface area (Å²) >= 11 is 0. The van der Waals surface area contributed by atoms with E-state index in [4.69, 9.17) is 4.42 Å². The van der Waals surface area contributed by atoms with Gasteiger partial charge in [-0.25, -0.2) is 4.79 Å². The summed E-state index contributed by atoms with van der Waals surface area (Å²) in [5.74, 6) is -0.124. The maximum absolute atomic E-state index is 11.3. The minimum atomic E-state index is -0.421. The van der Waals surface area contributed by atoms with E-state index in [1.54, 1.807) is 6.07 Å². The summed E-state index contributed by atoms with van der Waals surface area (Å²) in [4.78, 5) is 11.3. The van der Waals surface area contributed by atoms with Crippen LogP contribution in [0, 0.1) is 0 Å². The summed E-state index contributed by atoms with van der Waals surface area (Å²) in [6.07, 6.45) is 5.10. The van der Waals surface area contributed by atoms with Crippen molar-refractivity contribution in [3.05, 3.63) is 23.7 Å². The molecule has 0 unspecified atom stereocenters. The Morgan fingerprint density at radius 3 is 3.00 bits per heavy atom. The minimum Gasteiger partial charge on any atom is -0.463 e. The lowest BCUT2D eigenvalue weighted by molar-refractivity contribution is 0.0563. The Labute approximate surface area is 96.0 Å². The second-order valence-electron chi connectivity index (χ2n) is 3.65. The zero-order chi connectivity index (χ0) is 11.8. The first-order valence-electron chi connectivity index (χ1n) is 5.65. The van der Waals surface area contributed by atoms with Crippen LogP contribution in [-0.4, -0.2) is 19.6 Å². The molecule has 0 fully saturated rings. The summed E-state index contributed by atoms with van der Waals surface area (Å²) in [7, 11) is 1.35. The van der Waals surface area contributed by atoms with Gasteiger partial charge in [-0.05, 0) is 19.0 Å². The van der Waals surface area contributed by atoms with Crippen molar-refractivity contribution >= 4 is 5.97 Å². The van der Waals surface area contributed by atoms with Gasteiger partial charge in [-0.2, -0.15) is 0 Å². The Balaban J connectivity index is 2.36. The van der Waals surface area contributed by atoms with Gasteiger partial charge in [-0.3, -0.25) is 0 Å². The number of esters is 1. The molecule has 1 heterocycles. The third-order valence-corrected chi connectivity index (χ3v) is 2.39. The van der Waals surface area contributed by atoms with Crippen LogP contribution in [0.4, 0.5) is 0 Å². The van der Waals surface area contributed by atoms with Crippen LogP contribution in [0.1, 0.15) is 42.3 Å². The molecular formula is C12H19NO3. The van der Waals surface area contributed by atoms with Gasteiger partial charge < -0.3 is 14.5 Å². The molecule has 16 heavy (non-hydrogen) atoms. The Morgan fingerprint density at radius 2 is 2.31 bits per heavy atom. The molecule has 4 heteroatoms. The van der Waals surface area contributed by atoms with Crippen LogP contribution in [-0.2, 0) is 11.3 Å². The van der Waals surface area contributed by atoms with Crippen molar-refractivity contribution in [2.24, 2.45) is 0 Å². The number of carbonyl (C=O) groups is 1. The zero-order valence-corrected chi connectivity index (χ0v) is 9.91. The van der Waals surface area contributed by atoms with Gasteiger partial charge >= 0.3 is 5.97 Å². The van der Waals surface area contributed by atoms with Gasteiger partial charge in [-0.1, -0.05) is 19.8 Å². The van der Waals surface area contributed by atoms with Crippen molar-refractivity contribution in [1.29, 1.82) is 0 Å². The van der Waals surface area contributed by atoms with Crippen LogP contribution < -0.4 is 5.32 Å². The second-order valence-corrected chi connectivity index (χ2v) is 3.65. The van der Waals surface area contributed by atoms with Crippen molar-refractivity contribution in [3.63, 3.8) is 0 Å². The van der Waals surface area contributed by atoms with E-state index in [1.807, 2.05) is 0 Å². The fraction of sp³-hybridized carbons (Fsp3) is 0.583. The third kappa shape index (κ3) is 3.70. The van der Waals surface area contributed by atoms with Gasteiger partial charge in [0, 0.05) is 12.1 Å². The Kier molecular flexibility index (Phi) is 5.64. The van der Waals surface area contributed by atoms with Crippen LogP contribution in [0.25, 0.3) is 0 Å². The van der Waals surface area contributed by atoms with E-state index < -0.39 is 5.97 Å². The van der Waals surface area contributed by atoms with Gasteiger partial charge in [0.2, 0.25) is 5.76 Å². The van der Waals surface area contributed by atoms with E-state index in [2.05, 4.69) is 17.0 Å². The van der Waals surface area contributed by atoms with E-state index in [0.717, 1.165) is 18.5 Å². The molecule has 0 atom stereocenters. The molecule has 1 N–H and O–H groups in total. The summed E-state index contributed by atoms with van der Waals surface area (Å²) in [5, 5.41) is 3.27. The van der Waals surface area contributed by atoms with Crippen molar-refractivity contribution in [2.75, 3.05) is 13.7 Å². The number of ether oxygens (including phenoxy) is 1. The molecule has 0 aliphatic rings. The molecule has 0 radical (unpaired) electrons. The highest BCUT2D eigenvalue weighted by Gasteiger charge is 2.14. The van der Waals surface area contributed by atoms with Gasteiger partial charge in [0.25, 0.3) is 0 Å². The van der Waals surface area contributed by atoms with Crippen LogP contribution in [0.2, 0.25) is 0 Å². The fourth-order valence-electron chi connectivity index (χ4n) is 1.47. The van der Waals surface area contributed by atoms with Crippen molar-refractivity contribution in [2.45, 2.75) is 32.7 Å². The molecule has 0 saturated heterocycles. The molecule has 0 bridgehead atoms. The lowest BCUT2D eigenvalue weighted by Gasteiger charge is -2.03. The smallest absolute Gasteiger partial charge is 0.374 e. The highest BCUT2D eigenvalue weighted by Crippen LogP contribution is 2.11. The fourth-order valence-corrected chi connectivity index (χ4v) is 1.47. The summed E-state index contributed by atoms with van der Waals surface area (Å²) in [6.45, 7) is 3.77. The van der Waals surface area contributed by atoms with E-state index in [-0.39, 0.29) is 0 Å². The quantitative estimate of drug-likeness (QED) is 0.571. The first-order chi connectivity index (χ1) is 7.79. The van der Waals surface area contributed by atoms with Gasteiger partial charge in [-0.15, -0.1) is 0 Å². The largest absolute Gasteiger partial charge is 0.463 e. The lowest BCUT2D eigenvalue weighted by Crippen LogP contribution is -2.16. The molecule has 0 aromatic carbocycles. The first-order valence-corrected chi connectivity index (χ1v) is 5.65. The molecule has 1 rings (SSSR count). The van der Waals surface area contributed by atoms with Gasteiger partial charge in [0.15, 0.2) is 0 Å². The maximum Gasteiger partial charge on any atom is 0.374 e. The summed E-state index contributed by atoms with van der Waals surface area (Å²) in [5.41, 5.74) is 0.850. The highest BCUT2D eigenvalue weighted by atomic mass is 16.5. The number of nitrogens with one attached hydrogen (secondary N) is 1. The predicted octanol–water partition coefficient (Wildman–Crippen LogP) is 2.35. The standard InChI is InChI=1S/C12H19NO3/c1-3-4-5-7-13-9-10-6-8-16-11(10)12(14)15-2/h6,8,13H,3-5,7,9H2,1-2H3. The summed E-state index contributed by atoms with van der Waals surface area (Å²) < 4.78 is 9.70. The maximum atomic E-state index is 11.3. The van der Waals surface area contributed by atoms with Crippen LogP contribution >= 0.6 is 0 Å². The van der Waals surface area contributed by atoms with E-state index >= 15 is 0 Å². The number of furan rings is 1. The molecule has 1 aromatic heterocycles. The van der Waals surface area contributed by atoms with Crippen molar-refractivity contribution < 1.29 is 13.9 Å². The molecule has 90 valence electrons. The van der Waals surface area contributed by atoms with Crippen LogP contribution in [0.3, 0.4) is 0 Å². The molecule has 0 aliphatic carbocycles. The predicted molar refractivity (Wildman–Crippen MR) is 61.3 cm³/mol. The number of hydrogen-bond donors (Lipinski definition) is 1. The first kappa shape index (κ1) is 12.8. The second kappa shape index (κ2) is 7.06. The zero-order valence-electron chi connectivity index (χ0n) is 9.91. The van der Waals surface area contributed by atoms with E-state index in [1.165, 1.54) is 26.2 Å². The molecule has 4 nitrogen and oxygen atoms in total. The minimum absolute atomic E-state index is 0.297. The van der Waals surface area contributed by atoms with Gasteiger partial charge in [0.05, 0.1) is 13.4 Å². The number of methoxy groups -OCH3 is 1. The SMILES string of the molecule is CCCCCNCc1ccoc1C(=O)OC. The molecular weight excluding hydrogens is 206 g/mol. The monoisotopic (exact) mass is 225 g/mol. The van der Waals surface area contributed by atoms with Crippen LogP contribution in [0.15, 0.2) is 16.7 Å². The van der Waals surface area contributed by atoms with Crippen molar-refractivity contribution in [3.8, 4) is 0 Å². The Bertz CT molecular complexity index is 320. The Morgan fingerprint density at radius 1 is 1.50 bits per heavy atom. The third-order valence-electron chi connectivity index (χ3n) is 2.39. The lowest BCUT2D eigenvalue weighted by atomic mass is 10.2. The van der Waals surface area contributed by atoms with Gasteiger partial charge in [0.1, 0.15) is 0 Å². The molecule has 0 amide bonds. The highest BCUT2D eigenvalue weighted by molar-refractivity contribution is 5.87. The van der Waals surface area contributed by atoms with E-state index in [9.17, 15) is 4.79 Å². The molecule has 0 aliphatic heterocycles. The topological polar surface area (TPSA) is 51.5 Å². The molecule has 1 aromatic rings. The number of carbonyl (C=O) groups excluding carboxylic acids is 1. The molecule has 0 spiro atoms. The van der Waals surface area contributed by atoms with Crippen molar-refractivity contribution in [1.82, 2.24) is 5.32 Å². The van der Waals surface area contributed by atoms with E-state index in [0.29, 0.717) is 12.3 Å². The molecule has 0 saturated carbocycles. The van der Waals surface area contributed by atoms with Crippen LogP contribution in [0.5, 0.6) is 0 Å². The Hall–Kier alpha value is -1.29. The normalized spacial score (nSPS) is 10.4.